The van der Waals surface area contributed by atoms with Gasteiger partial charge in [-0.25, -0.2) is 0 Å². The molecule has 0 radical (unpaired) electrons. The summed E-state index contributed by atoms with van der Waals surface area (Å²) in [6.45, 7) is 11.5. The average molecular weight is 185 g/mol. The van der Waals surface area contributed by atoms with E-state index in [1.807, 2.05) is 0 Å². The lowest BCUT2D eigenvalue weighted by molar-refractivity contribution is 0.0930. The monoisotopic (exact) mass is 185 g/mol. The molecule has 1 saturated heterocycles. The molecule has 0 bridgehead atoms. The van der Waals surface area contributed by atoms with Gasteiger partial charge in [0.15, 0.2) is 0 Å². The number of hydrogen-bond acceptors (Lipinski definition) is 1. The zero-order valence-electron chi connectivity index (χ0n) is 11.7. The first-order valence-electron chi connectivity index (χ1n) is 6.49. The third-order valence-corrected chi connectivity index (χ3v) is 2.97. The first-order chi connectivity index (χ1) is 6.73. The van der Waals surface area contributed by atoms with Crippen LogP contribution in [-0.2, 0) is 0 Å². The fourth-order valence-corrected chi connectivity index (χ4v) is 1.80. The number of nitrogens with zero attached hydrogens (tertiary/aromatic N) is 1. The van der Waals surface area contributed by atoms with Gasteiger partial charge in [-0.1, -0.05) is 20.8 Å². The van der Waals surface area contributed by atoms with Gasteiger partial charge in [0.1, 0.15) is 0 Å². The first kappa shape index (κ1) is 8.28. The van der Waals surface area contributed by atoms with Gasteiger partial charge in [0.05, 0.1) is 0 Å². The molecule has 13 heavy (non-hydrogen) atoms. The molecule has 0 spiro atoms. The van der Waals surface area contributed by atoms with E-state index < -0.39 is 0 Å². The van der Waals surface area contributed by atoms with Gasteiger partial charge >= 0.3 is 0 Å². The zero-order chi connectivity index (χ0) is 11.8. The molecule has 1 aliphatic rings. The highest BCUT2D eigenvalue weighted by Crippen LogP contribution is 2.34. The molecular weight excluding hydrogens is 158 g/mol. The van der Waals surface area contributed by atoms with Gasteiger partial charge in [-0.2, -0.15) is 0 Å². The van der Waals surface area contributed by atoms with Crippen LogP contribution in [0.4, 0.5) is 0 Å². The van der Waals surface area contributed by atoms with Crippen LogP contribution in [-0.4, -0.2) is 24.0 Å². The van der Waals surface area contributed by atoms with E-state index in [1.165, 1.54) is 0 Å². The Balaban J connectivity index is 2.71. The SMILES string of the molecule is [2H]C1CN(C(C)C)C([2H])CC1C(C)(C)C. The van der Waals surface area contributed by atoms with Crippen LogP contribution in [0.15, 0.2) is 0 Å². The fourth-order valence-electron chi connectivity index (χ4n) is 1.80. The van der Waals surface area contributed by atoms with Gasteiger partial charge in [0.25, 0.3) is 0 Å². The highest BCUT2D eigenvalue weighted by molar-refractivity contribution is 4.81. The lowest BCUT2D eigenvalue weighted by Gasteiger charge is -2.40. The summed E-state index contributed by atoms with van der Waals surface area (Å²) in [4.78, 5) is 2.14. The van der Waals surface area contributed by atoms with Crippen molar-refractivity contribution < 1.29 is 2.74 Å². The molecule has 1 fully saturated rings. The Labute approximate surface area is 86.3 Å². The largest absolute Gasteiger partial charge is 0.301 e. The van der Waals surface area contributed by atoms with Gasteiger partial charge in [-0.3, -0.25) is 0 Å². The van der Waals surface area contributed by atoms with Crippen LogP contribution in [0.5, 0.6) is 0 Å². The Morgan fingerprint density at radius 1 is 1.38 bits per heavy atom. The van der Waals surface area contributed by atoms with Crippen molar-refractivity contribution in [3.63, 3.8) is 0 Å². The second kappa shape index (κ2) is 4.00. The minimum atomic E-state index is -0.115. The summed E-state index contributed by atoms with van der Waals surface area (Å²) in [6.07, 6.45) is 0.810. The smallest absolute Gasteiger partial charge is 0.0431 e. The van der Waals surface area contributed by atoms with Crippen LogP contribution in [0, 0.1) is 11.3 Å². The summed E-state index contributed by atoms with van der Waals surface area (Å²) in [5.74, 6) is 0.356. The molecule has 0 saturated carbocycles. The third-order valence-electron chi connectivity index (χ3n) is 2.97. The maximum Gasteiger partial charge on any atom is 0.0431 e. The quantitative estimate of drug-likeness (QED) is 0.606. The fraction of sp³-hybridized carbons (Fsp3) is 1.00. The van der Waals surface area contributed by atoms with E-state index in [1.54, 1.807) is 0 Å². The predicted octanol–water partition coefficient (Wildman–Crippen LogP) is 3.15. The van der Waals surface area contributed by atoms with Crippen LogP contribution < -0.4 is 0 Å². The minimum Gasteiger partial charge on any atom is -0.301 e. The summed E-state index contributed by atoms with van der Waals surface area (Å²) in [5.41, 5.74) is 0.161. The van der Waals surface area contributed by atoms with Crippen LogP contribution in [0.3, 0.4) is 0 Å². The normalized spacial score (nSPS) is 40.3. The van der Waals surface area contributed by atoms with E-state index in [-0.39, 0.29) is 18.3 Å². The van der Waals surface area contributed by atoms with Crippen molar-refractivity contribution in [1.29, 1.82) is 0 Å². The number of rotatable bonds is 1. The lowest BCUT2D eigenvalue weighted by atomic mass is 9.75. The highest BCUT2D eigenvalue weighted by Gasteiger charge is 2.29. The maximum atomic E-state index is 8.17. The van der Waals surface area contributed by atoms with Gasteiger partial charge < -0.3 is 4.90 Å². The number of hydrogen-bond donors (Lipinski definition) is 0. The molecule has 1 heterocycles. The molecule has 0 aromatic carbocycles. The zero-order valence-corrected chi connectivity index (χ0v) is 9.67. The van der Waals surface area contributed by atoms with Crippen LogP contribution in [0.1, 0.15) is 50.2 Å². The molecule has 1 rings (SSSR count). The Bertz CT molecular complexity index is 210. The molecule has 0 aromatic rings. The van der Waals surface area contributed by atoms with Gasteiger partial charge in [-0.05, 0) is 51.1 Å². The molecule has 1 nitrogen and oxygen atoms in total. The molecule has 3 atom stereocenters. The molecule has 0 amide bonds. The molecule has 1 heteroatoms. The molecule has 78 valence electrons. The second-order valence-electron chi connectivity index (χ2n) is 5.42. The highest BCUT2D eigenvalue weighted by atomic mass is 15.1. The molecule has 0 aliphatic carbocycles. The Hall–Kier alpha value is -0.0400. The van der Waals surface area contributed by atoms with E-state index in [0.717, 1.165) is 13.0 Å². The van der Waals surface area contributed by atoms with Crippen molar-refractivity contribution in [2.45, 2.75) is 53.5 Å². The van der Waals surface area contributed by atoms with Gasteiger partial charge in [0.2, 0.25) is 0 Å². The summed E-state index contributed by atoms with van der Waals surface area (Å²) < 4.78 is 16.3. The Kier molecular flexibility index (Phi) is 2.55. The maximum absolute atomic E-state index is 8.17. The van der Waals surface area contributed by atoms with Crippen molar-refractivity contribution in [3.05, 3.63) is 0 Å². The Morgan fingerprint density at radius 2 is 2.00 bits per heavy atom. The van der Waals surface area contributed by atoms with Crippen molar-refractivity contribution in [3.8, 4) is 0 Å². The standard InChI is InChI=1S/C12H25N/c1-10(2)13-8-6-11(7-9-13)12(3,4)5/h10-11H,6-9H2,1-5H3/i6D,9D. The molecule has 3 unspecified atom stereocenters. The summed E-state index contributed by atoms with van der Waals surface area (Å²) >= 11 is 0. The van der Waals surface area contributed by atoms with Crippen molar-refractivity contribution in [2.24, 2.45) is 11.3 Å². The predicted molar refractivity (Wildman–Crippen MR) is 58.9 cm³/mol. The summed E-state index contributed by atoms with van der Waals surface area (Å²) in [5, 5.41) is 0. The average Bonchev–Trinajstić information content (AvgIpc) is 2.06. The molecule has 0 N–H and O–H groups in total. The molecule has 0 aromatic heterocycles. The van der Waals surface area contributed by atoms with Crippen LogP contribution in [0.2, 0.25) is 0 Å². The van der Waals surface area contributed by atoms with Crippen LogP contribution in [0.25, 0.3) is 0 Å². The third kappa shape index (κ3) is 2.98. The van der Waals surface area contributed by atoms with E-state index in [9.17, 15) is 0 Å². The molecular formula is C12H25N. The Morgan fingerprint density at radius 3 is 2.46 bits per heavy atom. The first-order valence-corrected chi connectivity index (χ1v) is 5.33. The van der Waals surface area contributed by atoms with Crippen molar-refractivity contribution in [1.82, 2.24) is 4.90 Å². The lowest BCUT2D eigenvalue weighted by Crippen LogP contribution is -2.41. The molecule has 1 aliphatic heterocycles. The number of piperidine rings is 1. The van der Waals surface area contributed by atoms with E-state index in [2.05, 4.69) is 39.5 Å². The van der Waals surface area contributed by atoms with Crippen molar-refractivity contribution in [2.75, 3.05) is 13.1 Å². The summed E-state index contributed by atoms with van der Waals surface area (Å²) in [7, 11) is 0. The van der Waals surface area contributed by atoms with Crippen LogP contribution >= 0.6 is 0 Å². The van der Waals surface area contributed by atoms with Crippen molar-refractivity contribution >= 4 is 0 Å². The van der Waals surface area contributed by atoms with Gasteiger partial charge in [0, 0.05) is 8.78 Å². The van der Waals surface area contributed by atoms with E-state index in [0.29, 0.717) is 12.0 Å². The second-order valence-corrected chi connectivity index (χ2v) is 5.42. The minimum absolute atomic E-state index is 0.0333. The topological polar surface area (TPSA) is 3.24 Å². The number of likely N-dealkylation sites (tertiary alicyclic amines) is 1. The van der Waals surface area contributed by atoms with Gasteiger partial charge in [-0.15, -0.1) is 0 Å². The summed E-state index contributed by atoms with van der Waals surface area (Å²) in [6, 6.07) is 0.390. The van der Waals surface area contributed by atoms with E-state index >= 15 is 0 Å². The van der Waals surface area contributed by atoms with E-state index in [4.69, 9.17) is 2.74 Å².